The van der Waals surface area contributed by atoms with E-state index < -0.39 is 23.7 Å². The van der Waals surface area contributed by atoms with Gasteiger partial charge in [-0.15, -0.1) is 0 Å². The Morgan fingerprint density at radius 3 is 2.42 bits per heavy atom. The third kappa shape index (κ3) is 5.68. The average molecular weight is 431 g/mol. The van der Waals surface area contributed by atoms with Crippen LogP contribution in [0.1, 0.15) is 36.1 Å². The van der Waals surface area contributed by atoms with Gasteiger partial charge in [-0.25, -0.2) is 9.67 Å². The van der Waals surface area contributed by atoms with Crippen LogP contribution in [0.25, 0.3) is 5.69 Å². The van der Waals surface area contributed by atoms with Crippen LogP contribution in [0, 0.1) is 6.92 Å². The molecule has 0 aliphatic heterocycles. The van der Waals surface area contributed by atoms with Gasteiger partial charge in [0.1, 0.15) is 12.7 Å². The molecule has 0 saturated carbocycles. The number of carbonyl (C=O) groups is 2. The molecule has 1 atom stereocenters. The highest BCUT2D eigenvalue weighted by molar-refractivity contribution is 5.93. The highest BCUT2D eigenvalue weighted by atomic mass is 19.4. The van der Waals surface area contributed by atoms with Crippen molar-refractivity contribution in [1.29, 1.82) is 0 Å². The number of anilines is 1. The molecule has 0 aliphatic carbocycles. The smallest absolute Gasteiger partial charge is 0.349 e. The molecule has 10 heteroatoms. The van der Waals surface area contributed by atoms with Gasteiger partial charge in [-0.1, -0.05) is 29.8 Å². The maximum atomic E-state index is 13.2. The molecule has 162 valence electrons. The lowest BCUT2D eigenvalue weighted by Gasteiger charge is -2.19. The van der Waals surface area contributed by atoms with E-state index in [9.17, 15) is 22.8 Å². The molecular weight excluding hydrogens is 411 g/mol. The molecule has 2 aromatic carbocycles. The number of carbonyl (C=O) groups excluding carboxylic acids is 2. The van der Waals surface area contributed by atoms with Crippen molar-refractivity contribution in [3.05, 3.63) is 71.8 Å². The van der Waals surface area contributed by atoms with Gasteiger partial charge in [0.25, 0.3) is 0 Å². The van der Waals surface area contributed by atoms with Crippen LogP contribution in [0.3, 0.4) is 0 Å². The van der Waals surface area contributed by atoms with E-state index in [1.807, 2.05) is 19.1 Å². The van der Waals surface area contributed by atoms with Gasteiger partial charge in [-0.3, -0.25) is 9.59 Å². The molecule has 3 rings (SSSR count). The Bertz CT molecular complexity index is 1060. The number of hydrogen-bond donors (Lipinski definition) is 2. The topological polar surface area (TPSA) is 88.9 Å². The number of alkyl halides is 3. The lowest BCUT2D eigenvalue weighted by atomic mass is 10.0. The standard InChI is InChI=1S/C21H20F3N5O2/c1-13-3-5-15(6-4-13)17(27-14(2)30)10-20(31)28-18-9-16(21(22,23)24)7-8-19(18)29-12-25-11-26-29/h3-9,11-12,17H,10H2,1-2H3,(H,27,30)(H,28,31). The number of halogens is 3. The van der Waals surface area contributed by atoms with Crippen LogP contribution in [0.4, 0.5) is 18.9 Å². The Labute approximate surface area is 176 Å². The summed E-state index contributed by atoms with van der Waals surface area (Å²) in [5, 5.41) is 9.14. The van der Waals surface area contributed by atoms with Crippen LogP contribution in [-0.4, -0.2) is 26.6 Å². The fourth-order valence-electron chi connectivity index (χ4n) is 3.03. The molecule has 2 N–H and O–H groups in total. The number of benzene rings is 2. The summed E-state index contributed by atoms with van der Waals surface area (Å²) in [4.78, 5) is 28.1. The molecule has 0 spiro atoms. The fraction of sp³-hybridized carbons (Fsp3) is 0.238. The van der Waals surface area contributed by atoms with Crippen molar-refractivity contribution < 1.29 is 22.8 Å². The first-order valence-corrected chi connectivity index (χ1v) is 9.33. The van der Waals surface area contributed by atoms with E-state index in [1.165, 1.54) is 30.3 Å². The quantitative estimate of drug-likeness (QED) is 0.621. The molecule has 2 amide bonds. The molecule has 0 bridgehead atoms. The number of aryl methyl sites for hydroxylation is 1. The van der Waals surface area contributed by atoms with Gasteiger partial charge in [0, 0.05) is 6.92 Å². The first-order chi connectivity index (χ1) is 14.6. The normalized spacial score (nSPS) is 12.3. The Morgan fingerprint density at radius 2 is 1.84 bits per heavy atom. The lowest BCUT2D eigenvalue weighted by Crippen LogP contribution is -2.30. The van der Waals surface area contributed by atoms with E-state index in [2.05, 4.69) is 20.7 Å². The molecule has 0 aliphatic rings. The molecule has 0 radical (unpaired) electrons. The third-order valence-electron chi connectivity index (χ3n) is 4.51. The number of hydrogen-bond acceptors (Lipinski definition) is 4. The van der Waals surface area contributed by atoms with Crippen LogP contribution in [0.5, 0.6) is 0 Å². The van der Waals surface area contributed by atoms with Gasteiger partial charge >= 0.3 is 6.18 Å². The summed E-state index contributed by atoms with van der Waals surface area (Å²) in [5.74, 6) is -0.902. The molecule has 31 heavy (non-hydrogen) atoms. The second-order valence-electron chi connectivity index (χ2n) is 6.99. The fourth-order valence-corrected chi connectivity index (χ4v) is 3.03. The molecule has 1 heterocycles. The van der Waals surface area contributed by atoms with Crippen molar-refractivity contribution in [2.75, 3.05) is 5.32 Å². The highest BCUT2D eigenvalue weighted by Crippen LogP contribution is 2.33. The minimum Gasteiger partial charge on any atom is -0.349 e. The summed E-state index contributed by atoms with van der Waals surface area (Å²) < 4.78 is 40.8. The summed E-state index contributed by atoms with van der Waals surface area (Å²) in [6.07, 6.45) is -2.21. The summed E-state index contributed by atoms with van der Waals surface area (Å²) in [5.41, 5.74) is 0.956. The van der Waals surface area contributed by atoms with Crippen LogP contribution < -0.4 is 10.6 Å². The largest absolute Gasteiger partial charge is 0.416 e. The number of rotatable bonds is 6. The predicted molar refractivity (Wildman–Crippen MR) is 107 cm³/mol. The van der Waals surface area contributed by atoms with Crippen molar-refractivity contribution in [2.45, 2.75) is 32.5 Å². The minimum atomic E-state index is -4.58. The van der Waals surface area contributed by atoms with Crippen molar-refractivity contribution in [2.24, 2.45) is 0 Å². The Balaban J connectivity index is 1.88. The SMILES string of the molecule is CC(=O)NC(CC(=O)Nc1cc(C(F)(F)F)ccc1-n1cncn1)c1ccc(C)cc1. The Morgan fingerprint density at radius 1 is 1.13 bits per heavy atom. The van der Waals surface area contributed by atoms with Gasteiger partial charge in [0.15, 0.2) is 0 Å². The molecule has 0 saturated heterocycles. The van der Waals surface area contributed by atoms with Crippen LogP contribution in [-0.2, 0) is 15.8 Å². The Kier molecular flexibility index (Phi) is 6.38. The van der Waals surface area contributed by atoms with Gasteiger partial charge in [-0.2, -0.15) is 18.3 Å². The van der Waals surface area contributed by atoms with Gasteiger partial charge in [0.2, 0.25) is 11.8 Å². The predicted octanol–water partition coefficient (Wildman–Crippen LogP) is 3.80. The first kappa shape index (κ1) is 22.0. The zero-order valence-electron chi connectivity index (χ0n) is 16.8. The van der Waals surface area contributed by atoms with Crippen LogP contribution >= 0.6 is 0 Å². The molecular formula is C21H20F3N5O2. The number of aromatic nitrogens is 3. The molecule has 1 unspecified atom stereocenters. The maximum absolute atomic E-state index is 13.2. The van der Waals surface area contributed by atoms with E-state index in [4.69, 9.17) is 0 Å². The second kappa shape index (κ2) is 8.99. The second-order valence-corrected chi connectivity index (χ2v) is 6.99. The average Bonchev–Trinajstić information content (AvgIpc) is 3.21. The number of amides is 2. The molecule has 0 fully saturated rings. The first-order valence-electron chi connectivity index (χ1n) is 9.33. The lowest BCUT2D eigenvalue weighted by molar-refractivity contribution is -0.137. The van der Waals surface area contributed by atoms with E-state index in [0.29, 0.717) is 5.56 Å². The van der Waals surface area contributed by atoms with E-state index in [-0.39, 0.29) is 23.7 Å². The maximum Gasteiger partial charge on any atom is 0.416 e. The summed E-state index contributed by atoms with van der Waals surface area (Å²) >= 11 is 0. The zero-order valence-corrected chi connectivity index (χ0v) is 16.8. The summed E-state index contributed by atoms with van der Waals surface area (Å²) in [6, 6.07) is 9.57. The van der Waals surface area contributed by atoms with Gasteiger partial charge < -0.3 is 10.6 Å². The molecule has 1 aromatic heterocycles. The van der Waals surface area contributed by atoms with Gasteiger partial charge in [0.05, 0.1) is 29.4 Å². The van der Waals surface area contributed by atoms with Crippen molar-refractivity contribution >= 4 is 17.5 Å². The van der Waals surface area contributed by atoms with Crippen LogP contribution in [0.15, 0.2) is 55.1 Å². The van der Waals surface area contributed by atoms with Crippen LogP contribution in [0.2, 0.25) is 0 Å². The molecule has 7 nitrogen and oxygen atoms in total. The minimum absolute atomic E-state index is 0.0733. The third-order valence-corrected chi connectivity index (χ3v) is 4.51. The monoisotopic (exact) mass is 431 g/mol. The van der Waals surface area contributed by atoms with Crippen molar-refractivity contribution in [3.8, 4) is 5.69 Å². The summed E-state index contributed by atoms with van der Waals surface area (Å²) in [7, 11) is 0. The zero-order chi connectivity index (χ0) is 22.6. The van der Waals surface area contributed by atoms with E-state index >= 15 is 0 Å². The number of nitrogens with zero attached hydrogens (tertiary/aromatic N) is 3. The van der Waals surface area contributed by atoms with Gasteiger partial charge in [-0.05, 0) is 30.7 Å². The Hall–Kier alpha value is -3.69. The molecule has 3 aromatic rings. The van der Waals surface area contributed by atoms with Crippen molar-refractivity contribution in [3.63, 3.8) is 0 Å². The van der Waals surface area contributed by atoms with Crippen molar-refractivity contribution in [1.82, 2.24) is 20.1 Å². The van der Waals surface area contributed by atoms with E-state index in [1.54, 1.807) is 12.1 Å². The van der Waals surface area contributed by atoms with E-state index in [0.717, 1.165) is 17.7 Å². The highest BCUT2D eigenvalue weighted by Gasteiger charge is 2.31. The summed E-state index contributed by atoms with van der Waals surface area (Å²) in [6.45, 7) is 3.23. The number of nitrogens with one attached hydrogen (secondary N) is 2.